The summed E-state index contributed by atoms with van der Waals surface area (Å²) in [6, 6.07) is 6.80. The van der Waals surface area contributed by atoms with Crippen LogP contribution >= 0.6 is 0 Å². The van der Waals surface area contributed by atoms with E-state index < -0.39 is 10.0 Å². The minimum atomic E-state index is -3.53. The maximum absolute atomic E-state index is 12.6. The third-order valence-corrected chi connectivity index (χ3v) is 6.20. The summed E-state index contributed by atoms with van der Waals surface area (Å²) in [4.78, 5) is 4.97. The molecule has 0 bridgehead atoms. The highest BCUT2D eigenvalue weighted by Crippen LogP contribution is 2.18. The van der Waals surface area contributed by atoms with Gasteiger partial charge in [-0.25, -0.2) is 13.1 Å². The van der Waals surface area contributed by atoms with Gasteiger partial charge in [0.15, 0.2) is 0 Å². The molecule has 0 aliphatic carbocycles. The fourth-order valence-electron chi connectivity index (χ4n) is 3.19. The van der Waals surface area contributed by atoms with Crippen LogP contribution in [0.2, 0.25) is 0 Å². The Labute approximate surface area is 158 Å². The third kappa shape index (κ3) is 5.94. The molecular formula is C19H33N3O3S. The van der Waals surface area contributed by atoms with Gasteiger partial charge in [0.25, 0.3) is 0 Å². The lowest BCUT2D eigenvalue weighted by molar-refractivity contribution is 0.0905. The monoisotopic (exact) mass is 383 g/mol. The van der Waals surface area contributed by atoms with Gasteiger partial charge in [-0.1, -0.05) is 13.8 Å². The van der Waals surface area contributed by atoms with Crippen LogP contribution in [0.4, 0.5) is 0 Å². The molecule has 0 aromatic heterocycles. The Balaban J connectivity index is 2.00. The minimum Gasteiger partial charge on any atom is -0.491 e. The summed E-state index contributed by atoms with van der Waals surface area (Å²) in [6.45, 7) is 12.6. The summed E-state index contributed by atoms with van der Waals surface area (Å²) in [6.07, 6.45) is 0.0611. The van der Waals surface area contributed by atoms with Crippen molar-refractivity contribution in [2.45, 2.75) is 44.7 Å². The number of piperazine rings is 1. The zero-order chi connectivity index (χ0) is 19.3. The van der Waals surface area contributed by atoms with E-state index in [-0.39, 0.29) is 17.0 Å². The van der Waals surface area contributed by atoms with Gasteiger partial charge in [-0.05, 0) is 51.1 Å². The molecule has 0 radical (unpaired) electrons. The molecule has 6 nitrogen and oxygen atoms in total. The topological polar surface area (TPSA) is 61.9 Å². The van der Waals surface area contributed by atoms with E-state index in [2.05, 4.69) is 35.4 Å². The third-order valence-electron chi connectivity index (χ3n) is 4.76. The van der Waals surface area contributed by atoms with Gasteiger partial charge in [-0.15, -0.1) is 0 Å². The van der Waals surface area contributed by atoms with Crippen LogP contribution in [0.15, 0.2) is 29.2 Å². The molecule has 1 aromatic rings. The standard InChI is InChI=1S/C19H33N3O3S/c1-15(2)19(22-12-10-21(5)11-13-22)14-20-26(23,24)18-8-6-17(7-9-18)25-16(3)4/h6-9,15-16,19-20H,10-14H2,1-5H3. The van der Waals surface area contributed by atoms with Crippen molar-refractivity contribution >= 4 is 10.0 Å². The molecular weight excluding hydrogens is 350 g/mol. The fourth-order valence-corrected chi connectivity index (χ4v) is 4.24. The van der Waals surface area contributed by atoms with Gasteiger partial charge in [-0.3, -0.25) is 4.90 Å². The van der Waals surface area contributed by atoms with Crippen LogP contribution in [-0.4, -0.2) is 70.1 Å². The van der Waals surface area contributed by atoms with E-state index in [0.717, 1.165) is 26.2 Å². The molecule has 0 spiro atoms. The Bertz CT molecular complexity index is 651. The highest BCUT2D eigenvalue weighted by atomic mass is 32.2. The first-order chi connectivity index (χ1) is 12.2. The molecule has 7 heteroatoms. The number of rotatable bonds is 8. The highest BCUT2D eigenvalue weighted by Gasteiger charge is 2.26. The number of sulfonamides is 1. The molecule has 148 valence electrons. The van der Waals surface area contributed by atoms with Crippen molar-refractivity contribution in [1.82, 2.24) is 14.5 Å². The Hall–Kier alpha value is -1.15. The first kappa shape index (κ1) is 21.2. The van der Waals surface area contributed by atoms with Crippen LogP contribution in [0.1, 0.15) is 27.7 Å². The quantitative estimate of drug-likeness (QED) is 0.744. The van der Waals surface area contributed by atoms with Crippen molar-refractivity contribution in [3.63, 3.8) is 0 Å². The Kier molecular flexibility index (Phi) is 7.46. The van der Waals surface area contributed by atoms with E-state index in [9.17, 15) is 8.42 Å². The first-order valence-electron chi connectivity index (χ1n) is 9.38. The summed E-state index contributed by atoms with van der Waals surface area (Å²) in [5, 5.41) is 0. The van der Waals surface area contributed by atoms with Crippen molar-refractivity contribution in [2.24, 2.45) is 5.92 Å². The predicted octanol–water partition coefficient (Wildman–Crippen LogP) is 2.02. The molecule has 0 saturated carbocycles. The van der Waals surface area contributed by atoms with E-state index in [4.69, 9.17) is 4.74 Å². The zero-order valence-corrected chi connectivity index (χ0v) is 17.4. The van der Waals surface area contributed by atoms with Crippen molar-refractivity contribution in [2.75, 3.05) is 39.8 Å². The van der Waals surface area contributed by atoms with E-state index in [1.165, 1.54) is 0 Å². The maximum atomic E-state index is 12.6. The minimum absolute atomic E-state index is 0.0611. The summed E-state index contributed by atoms with van der Waals surface area (Å²) >= 11 is 0. The summed E-state index contributed by atoms with van der Waals surface area (Å²) < 4.78 is 33.7. The molecule has 1 heterocycles. The summed E-state index contributed by atoms with van der Waals surface area (Å²) in [5.74, 6) is 1.05. The van der Waals surface area contributed by atoms with Gasteiger partial charge in [0.2, 0.25) is 10.0 Å². The van der Waals surface area contributed by atoms with Crippen molar-refractivity contribution < 1.29 is 13.2 Å². The van der Waals surface area contributed by atoms with Crippen molar-refractivity contribution in [1.29, 1.82) is 0 Å². The first-order valence-corrected chi connectivity index (χ1v) is 10.9. The average Bonchev–Trinajstić information content (AvgIpc) is 2.56. The smallest absolute Gasteiger partial charge is 0.240 e. The van der Waals surface area contributed by atoms with Gasteiger partial charge in [0, 0.05) is 38.8 Å². The number of hydrogen-bond acceptors (Lipinski definition) is 5. The van der Waals surface area contributed by atoms with Crippen molar-refractivity contribution in [3.8, 4) is 5.75 Å². The van der Waals surface area contributed by atoms with Crippen LogP contribution in [0.25, 0.3) is 0 Å². The van der Waals surface area contributed by atoms with Crippen LogP contribution in [-0.2, 0) is 10.0 Å². The number of nitrogens with one attached hydrogen (secondary N) is 1. The number of hydrogen-bond donors (Lipinski definition) is 1. The van der Waals surface area contributed by atoms with E-state index in [1.54, 1.807) is 24.3 Å². The number of ether oxygens (including phenoxy) is 1. The largest absolute Gasteiger partial charge is 0.491 e. The molecule has 2 rings (SSSR count). The van der Waals surface area contributed by atoms with Crippen LogP contribution in [0, 0.1) is 5.92 Å². The Morgan fingerprint density at radius 2 is 1.62 bits per heavy atom. The van der Waals surface area contributed by atoms with E-state index in [0.29, 0.717) is 18.2 Å². The molecule has 0 amide bonds. The normalized spacial score (nSPS) is 18.4. The lowest BCUT2D eigenvalue weighted by atomic mass is 10.0. The lowest BCUT2D eigenvalue weighted by Gasteiger charge is -2.39. The molecule has 1 aliphatic heterocycles. The van der Waals surface area contributed by atoms with E-state index >= 15 is 0 Å². The maximum Gasteiger partial charge on any atom is 0.240 e. The van der Waals surface area contributed by atoms with Crippen molar-refractivity contribution in [3.05, 3.63) is 24.3 Å². The molecule has 1 fully saturated rings. The second-order valence-corrected chi connectivity index (χ2v) is 9.41. The van der Waals surface area contributed by atoms with Gasteiger partial charge < -0.3 is 9.64 Å². The Morgan fingerprint density at radius 1 is 1.04 bits per heavy atom. The second-order valence-electron chi connectivity index (χ2n) is 7.64. The highest BCUT2D eigenvalue weighted by molar-refractivity contribution is 7.89. The predicted molar refractivity (Wildman–Crippen MR) is 105 cm³/mol. The molecule has 1 atom stereocenters. The van der Waals surface area contributed by atoms with Gasteiger partial charge in [0.1, 0.15) is 5.75 Å². The zero-order valence-electron chi connectivity index (χ0n) is 16.6. The molecule has 1 aromatic carbocycles. The second kappa shape index (κ2) is 9.17. The molecule has 26 heavy (non-hydrogen) atoms. The number of likely N-dealkylation sites (N-methyl/N-ethyl adjacent to an activating group) is 1. The molecule has 1 N–H and O–H groups in total. The summed E-state index contributed by atoms with van der Waals surface area (Å²) in [5.41, 5.74) is 0. The van der Waals surface area contributed by atoms with Crippen LogP contribution < -0.4 is 9.46 Å². The Morgan fingerprint density at radius 3 is 2.12 bits per heavy atom. The molecule has 1 unspecified atom stereocenters. The lowest BCUT2D eigenvalue weighted by Crippen LogP contribution is -2.54. The number of benzene rings is 1. The van der Waals surface area contributed by atoms with Gasteiger partial charge in [0.05, 0.1) is 11.0 Å². The fraction of sp³-hybridized carbons (Fsp3) is 0.684. The summed E-state index contributed by atoms with van der Waals surface area (Å²) in [7, 11) is -1.40. The van der Waals surface area contributed by atoms with E-state index in [1.807, 2.05) is 13.8 Å². The van der Waals surface area contributed by atoms with Gasteiger partial charge >= 0.3 is 0 Å². The number of nitrogens with zero attached hydrogens (tertiary/aromatic N) is 2. The molecule has 1 saturated heterocycles. The van der Waals surface area contributed by atoms with Crippen LogP contribution in [0.3, 0.4) is 0 Å². The van der Waals surface area contributed by atoms with Gasteiger partial charge in [-0.2, -0.15) is 0 Å². The molecule has 1 aliphatic rings. The SMILES string of the molecule is CC(C)Oc1ccc(S(=O)(=O)NCC(C(C)C)N2CCN(C)CC2)cc1. The average molecular weight is 384 g/mol. The van der Waals surface area contributed by atoms with Crippen LogP contribution in [0.5, 0.6) is 5.75 Å².